The minimum atomic E-state index is -0.0113. The standard InChI is InChI=1S/C13H19NO2/c1-10(2)11-5-4-6-12(9-11)14-13(15)7-8-16-3/h4-6,9-10H,7-8H2,1-3H3,(H,14,15). The van der Waals surface area contributed by atoms with Crippen molar-refractivity contribution in [3.8, 4) is 0 Å². The Bertz CT molecular complexity index is 348. The summed E-state index contributed by atoms with van der Waals surface area (Å²) >= 11 is 0. The van der Waals surface area contributed by atoms with Crippen LogP contribution in [0, 0.1) is 0 Å². The average Bonchev–Trinajstić information content (AvgIpc) is 2.26. The fourth-order valence-corrected chi connectivity index (χ4v) is 1.39. The van der Waals surface area contributed by atoms with Gasteiger partial charge in [-0.2, -0.15) is 0 Å². The highest BCUT2D eigenvalue weighted by Gasteiger charge is 2.04. The van der Waals surface area contributed by atoms with Crippen molar-refractivity contribution in [2.45, 2.75) is 26.2 Å². The van der Waals surface area contributed by atoms with E-state index in [4.69, 9.17) is 4.74 Å². The van der Waals surface area contributed by atoms with Crippen LogP contribution < -0.4 is 5.32 Å². The molecule has 3 nitrogen and oxygen atoms in total. The molecule has 88 valence electrons. The van der Waals surface area contributed by atoms with Gasteiger partial charge in [0.05, 0.1) is 13.0 Å². The highest BCUT2D eigenvalue weighted by Crippen LogP contribution is 2.18. The van der Waals surface area contributed by atoms with Gasteiger partial charge in [0.2, 0.25) is 5.91 Å². The third-order valence-electron chi connectivity index (χ3n) is 2.37. The van der Waals surface area contributed by atoms with Crippen LogP contribution in [0.15, 0.2) is 24.3 Å². The van der Waals surface area contributed by atoms with E-state index in [0.717, 1.165) is 5.69 Å². The smallest absolute Gasteiger partial charge is 0.226 e. The summed E-state index contributed by atoms with van der Waals surface area (Å²) in [5.41, 5.74) is 2.08. The molecule has 1 aromatic carbocycles. The Hall–Kier alpha value is -1.35. The molecule has 0 heterocycles. The maximum atomic E-state index is 11.5. The van der Waals surface area contributed by atoms with E-state index in [-0.39, 0.29) is 5.91 Å². The van der Waals surface area contributed by atoms with Crippen LogP contribution >= 0.6 is 0 Å². The number of nitrogens with one attached hydrogen (secondary N) is 1. The molecule has 0 aliphatic carbocycles. The third-order valence-corrected chi connectivity index (χ3v) is 2.37. The lowest BCUT2D eigenvalue weighted by atomic mass is 10.0. The van der Waals surface area contributed by atoms with Gasteiger partial charge >= 0.3 is 0 Å². The maximum Gasteiger partial charge on any atom is 0.226 e. The maximum absolute atomic E-state index is 11.5. The van der Waals surface area contributed by atoms with Crippen LogP contribution in [0.3, 0.4) is 0 Å². The second kappa shape index (κ2) is 6.28. The summed E-state index contributed by atoms with van der Waals surface area (Å²) in [6.07, 6.45) is 0.391. The zero-order valence-electron chi connectivity index (χ0n) is 10.1. The number of anilines is 1. The van der Waals surface area contributed by atoms with Crippen molar-refractivity contribution >= 4 is 11.6 Å². The lowest BCUT2D eigenvalue weighted by Gasteiger charge is -2.09. The number of methoxy groups -OCH3 is 1. The van der Waals surface area contributed by atoms with Crippen molar-refractivity contribution in [3.63, 3.8) is 0 Å². The van der Waals surface area contributed by atoms with Crippen molar-refractivity contribution in [1.29, 1.82) is 0 Å². The number of hydrogen-bond acceptors (Lipinski definition) is 2. The van der Waals surface area contributed by atoms with E-state index in [2.05, 4.69) is 25.2 Å². The van der Waals surface area contributed by atoms with E-state index < -0.39 is 0 Å². The summed E-state index contributed by atoms with van der Waals surface area (Å²) in [7, 11) is 1.59. The number of hydrogen-bond donors (Lipinski definition) is 1. The molecular weight excluding hydrogens is 202 g/mol. The highest BCUT2D eigenvalue weighted by molar-refractivity contribution is 5.90. The molecule has 3 heteroatoms. The minimum absolute atomic E-state index is 0.0113. The second-order valence-electron chi connectivity index (χ2n) is 4.07. The summed E-state index contributed by atoms with van der Waals surface area (Å²) in [6, 6.07) is 7.93. The number of carbonyl (C=O) groups excluding carboxylic acids is 1. The number of amides is 1. The molecule has 0 atom stereocenters. The van der Waals surface area contributed by atoms with Gasteiger partial charge < -0.3 is 10.1 Å². The van der Waals surface area contributed by atoms with Crippen molar-refractivity contribution in [1.82, 2.24) is 0 Å². The van der Waals surface area contributed by atoms with Gasteiger partial charge in [-0.25, -0.2) is 0 Å². The molecule has 0 saturated carbocycles. The van der Waals surface area contributed by atoms with Gasteiger partial charge in [-0.1, -0.05) is 26.0 Å². The van der Waals surface area contributed by atoms with Crippen LogP contribution in [-0.2, 0) is 9.53 Å². The summed E-state index contributed by atoms with van der Waals surface area (Å²) in [4.78, 5) is 11.5. The van der Waals surface area contributed by atoms with Crippen LogP contribution in [0.2, 0.25) is 0 Å². The summed E-state index contributed by atoms with van der Waals surface area (Å²) in [5.74, 6) is 0.457. The predicted molar refractivity (Wildman–Crippen MR) is 65.7 cm³/mol. The molecule has 0 saturated heterocycles. The molecule has 0 aliphatic rings. The summed E-state index contributed by atoms with van der Waals surface area (Å²) in [6.45, 7) is 4.72. The molecule has 1 amide bonds. The van der Waals surface area contributed by atoms with E-state index in [0.29, 0.717) is 18.9 Å². The number of ether oxygens (including phenoxy) is 1. The fourth-order valence-electron chi connectivity index (χ4n) is 1.39. The van der Waals surface area contributed by atoms with Crippen LogP contribution in [0.25, 0.3) is 0 Å². The molecule has 0 aliphatic heterocycles. The van der Waals surface area contributed by atoms with Crippen molar-refractivity contribution in [2.75, 3.05) is 19.0 Å². The zero-order chi connectivity index (χ0) is 12.0. The van der Waals surface area contributed by atoms with Gasteiger partial charge in [0.1, 0.15) is 0 Å². The molecule has 1 aromatic rings. The Morgan fingerprint density at radius 1 is 1.44 bits per heavy atom. The Kier molecular flexibility index (Phi) is 4.99. The van der Waals surface area contributed by atoms with E-state index in [1.54, 1.807) is 7.11 Å². The zero-order valence-corrected chi connectivity index (χ0v) is 10.1. The first kappa shape index (κ1) is 12.7. The summed E-state index contributed by atoms with van der Waals surface area (Å²) < 4.78 is 4.85. The molecule has 0 radical (unpaired) electrons. The number of benzene rings is 1. The second-order valence-corrected chi connectivity index (χ2v) is 4.07. The predicted octanol–water partition coefficient (Wildman–Crippen LogP) is 2.79. The quantitative estimate of drug-likeness (QED) is 0.830. The number of carbonyl (C=O) groups is 1. The lowest BCUT2D eigenvalue weighted by Crippen LogP contribution is -2.13. The van der Waals surface area contributed by atoms with Gasteiger partial charge in [0, 0.05) is 12.8 Å². The van der Waals surface area contributed by atoms with Gasteiger partial charge in [-0.15, -0.1) is 0 Å². The highest BCUT2D eigenvalue weighted by atomic mass is 16.5. The Balaban J connectivity index is 2.59. The van der Waals surface area contributed by atoms with Crippen molar-refractivity contribution < 1.29 is 9.53 Å². The van der Waals surface area contributed by atoms with Crippen LogP contribution in [0.1, 0.15) is 31.7 Å². The van der Waals surface area contributed by atoms with Gasteiger partial charge in [-0.3, -0.25) is 4.79 Å². The first-order valence-corrected chi connectivity index (χ1v) is 5.52. The molecule has 0 fully saturated rings. The monoisotopic (exact) mass is 221 g/mol. The average molecular weight is 221 g/mol. The third kappa shape index (κ3) is 4.03. The van der Waals surface area contributed by atoms with E-state index in [9.17, 15) is 4.79 Å². The topological polar surface area (TPSA) is 38.3 Å². The van der Waals surface area contributed by atoms with Gasteiger partial charge in [0.15, 0.2) is 0 Å². The Morgan fingerprint density at radius 2 is 2.19 bits per heavy atom. The van der Waals surface area contributed by atoms with Gasteiger partial charge in [-0.05, 0) is 23.6 Å². The minimum Gasteiger partial charge on any atom is -0.384 e. The molecule has 0 spiro atoms. The molecule has 0 bridgehead atoms. The SMILES string of the molecule is COCCC(=O)Nc1cccc(C(C)C)c1. The van der Waals surface area contributed by atoms with E-state index in [1.807, 2.05) is 18.2 Å². The largest absolute Gasteiger partial charge is 0.384 e. The van der Waals surface area contributed by atoms with Crippen LogP contribution in [0.5, 0.6) is 0 Å². The summed E-state index contributed by atoms with van der Waals surface area (Å²) in [5, 5.41) is 2.85. The number of rotatable bonds is 5. The Labute approximate surface area is 96.8 Å². The van der Waals surface area contributed by atoms with E-state index >= 15 is 0 Å². The molecule has 16 heavy (non-hydrogen) atoms. The Morgan fingerprint density at radius 3 is 2.81 bits per heavy atom. The van der Waals surface area contributed by atoms with Crippen LogP contribution in [-0.4, -0.2) is 19.6 Å². The van der Waals surface area contributed by atoms with Crippen molar-refractivity contribution in [2.24, 2.45) is 0 Å². The first-order valence-electron chi connectivity index (χ1n) is 5.52. The first-order chi connectivity index (χ1) is 7.63. The van der Waals surface area contributed by atoms with Crippen molar-refractivity contribution in [3.05, 3.63) is 29.8 Å². The normalized spacial score (nSPS) is 10.5. The van der Waals surface area contributed by atoms with Crippen LogP contribution in [0.4, 0.5) is 5.69 Å². The molecule has 0 unspecified atom stereocenters. The molecule has 0 aromatic heterocycles. The molecular formula is C13H19NO2. The fraction of sp³-hybridized carbons (Fsp3) is 0.462. The van der Waals surface area contributed by atoms with Gasteiger partial charge in [0.25, 0.3) is 0 Å². The lowest BCUT2D eigenvalue weighted by molar-refractivity contribution is -0.117. The van der Waals surface area contributed by atoms with E-state index in [1.165, 1.54) is 5.56 Å². The molecule has 1 rings (SSSR count). The molecule has 1 N–H and O–H groups in total.